The van der Waals surface area contributed by atoms with Crippen molar-refractivity contribution in [1.29, 1.82) is 0 Å². The van der Waals surface area contributed by atoms with E-state index in [9.17, 15) is 13.6 Å². The molecule has 1 heterocycles. The number of carboxylic acids is 1. The number of aromatic nitrogens is 3. The molecule has 1 aromatic heterocycles. The van der Waals surface area contributed by atoms with Crippen molar-refractivity contribution in [2.75, 3.05) is 11.5 Å². The number of anilines is 1. The quantitative estimate of drug-likeness (QED) is 0.823. The molecule has 0 aliphatic heterocycles. The van der Waals surface area contributed by atoms with Crippen LogP contribution in [0.2, 0.25) is 0 Å². The van der Waals surface area contributed by atoms with E-state index >= 15 is 0 Å². The third-order valence-corrected chi connectivity index (χ3v) is 3.06. The smallest absolute Gasteiger partial charge is 0.313 e. The summed E-state index contributed by atoms with van der Waals surface area (Å²) in [7, 11) is 0. The van der Waals surface area contributed by atoms with Gasteiger partial charge in [-0.15, -0.1) is 10.2 Å². The van der Waals surface area contributed by atoms with Gasteiger partial charge in [0.05, 0.1) is 11.4 Å². The molecule has 0 amide bonds. The lowest BCUT2D eigenvalue weighted by Gasteiger charge is -2.07. The molecule has 6 nitrogen and oxygen atoms in total. The molecular weight excluding hydrogens is 278 g/mol. The summed E-state index contributed by atoms with van der Waals surface area (Å²) < 4.78 is 27.3. The predicted octanol–water partition coefficient (Wildman–Crippen LogP) is 1.30. The highest BCUT2D eigenvalue weighted by Gasteiger charge is 2.15. The van der Waals surface area contributed by atoms with Crippen LogP contribution in [0.4, 0.5) is 14.7 Å². The van der Waals surface area contributed by atoms with Crippen LogP contribution in [-0.4, -0.2) is 31.6 Å². The Hall–Kier alpha value is -2.16. The van der Waals surface area contributed by atoms with Crippen LogP contribution in [0, 0.1) is 11.6 Å². The van der Waals surface area contributed by atoms with E-state index in [1.165, 1.54) is 10.6 Å². The molecule has 0 radical (unpaired) electrons. The monoisotopic (exact) mass is 286 g/mol. The summed E-state index contributed by atoms with van der Waals surface area (Å²) in [5, 5.41) is 16.1. The third-order valence-electron chi connectivity index (χ3n) is 2.14. The summed E-state index contributed by atoms with van der Waals surface area (Å²) in [6, 6.07) is 3.17. The highest BCUT2D eigenvalue weighted by atomic mass is 32.2. The lowest BCUT2D eigenvalue weighted by Crippen LogP contribution is -2.05. The van der Waals surface area contributed by atoms with Gasteiger partial charge in [-0.3, -0.25) is 9.36 Å². The lowest BCUT2D eigenvalue weighted by molar-refractivity contribution is -0.133. The highest BCUT2D eigenvalue weighted by Crippen LogP contribution is 2.24. The number of hydrogen-bond acceptors (Lipinski definition) is 5. The summed E-state index contributed by atoms with van der Waals surface area (Å²) in [4.78, 5) is 10.5. The van der Waals surface area contributed by atoms with Crippen molar-refractivity contribution in [3.8, 4) is 5.69 Å². The molecule has 0 fully saturated rings. The highest BCUT2D eigenvalue weighted by molar-refractivity contribution is 7.99. The molecule has 0 saturated carbocycles. The number of thioether (sulfide) groups is 1. The average molecular weight is 286 g/mol. The van der Waals surface area contributed by atoms with Crippen molar-refractivity contribution in [3.05, 3.63) is 29.8 Å². The number of nitrogens with two attached hydrogens (primary N) is 1. The van der Waals surface area contributed by atoms with E-state index in [1.807, 2.05) is 0 Å². The fourth-order valence-corrected chi connectivity index (χ4v) is 2.05. The van der Waals surface area contributed by atoms with Crippen LogP contribution >= 0.6 is 11.8 Å². The van der Waals surface area contributed by atoms with Crippen LogP contribution in [0.1, 0.15) is 0 Å². The van der Waals surface area contributed by atoms with Gasteiger partial charge in [0.25, 0.3) is 0 Å². The largest absolute Gasteiger partial charge is 0.481 e. The van der Waals surface area contributed by atoms with Gasteiger partial charge in [0, 0.05) is 6.07 Å². The van der Waals surface area contributed by atoms with Crippen LogP contribution in [0.25, 0.3) is 5.69 Å². The Balaban J connectivity index is 2.40. The summed E-state index contributed by atoms with van der Waals surface area (Å²) in [5.74, 6) is -3.36. The van der Waals surface area contributed by atoms with E-state index in [4.69, 9.17) is 10.8 Å². The first-order valence-electron chi connectivity index (χ1n) is 5.00. The van der Waals surface area contributed by atoms with Crippen molar-refractivity contribution in [2.24, 2.45) is 0 Å². The third kappa shape index (κ3) is 2.81. The standard InChI is InChI=1S/C10H8F2N4O2S/c11-6-2-1-5(3-7(6)12)16-9(13)14-15-10(16)19-4-8(17)18/h1-3H,4H2,(H2,13,14)(H,17,18). The van der Waals surface area contributed by atoms with Crippen molar-refractivity contribution in [1.82, 2.24) is 14.8 Å². The topological polar surface area (TPSA) is 94.0 Å². The lowest BCUT2D eigenvalue weighted by atomic mass is 10.3. The Morgan fingerprint density at radius 2 is 2.11 bits per heavy atom. The molecular formula is C10H8F2N4O2S. The number of benzene rings is 1. The number of rotatable bonds is 4. The molecule has 0 atom stereocenters. The molecule has 0 spiro atoms. The minimum Gasteiger partial charge on any atom is -0.481 e. The van der Waals surface area contributed by atoms with Crippen LogP contribution < -0.4 is 5.73 Å². The van der Waals surface area contributed by atoms with E-state index in [-0.39, 0.29) is 22.5 Å². The Morgan fingerprint density at radius 1 is 1.37 bits per heavy atom. The molecule has 100 valence electrons. The van der Waals surface area contributed by atoms with Gasteiger partial charge < -0.3 is 10.8 Å². The number of aliphatic carboxylic acids is 1. The van der Waals surface area contributed by atoms with Gasteiger partial charge >= 0.3 is 5.97 Å². The van der Waals surface area contributed by atoms with Crippen molar-refractivity contribution in [3.63, 3.8) is 0 Å². The molecule has 2 aromatic rings. The van der Waals surface area contributed by atoms with E-state index in [1.54, 1.807) is 0 Å². The fraction of sp³-hybridized carbons (Fsp3) is 0.100. The summed E-state index contributed by atoms with van der Waals surface area (Å²) in [6.07, 6.45) is 0. The second kappa shape index (κ2) is 5.22. The zero-order valence-corrected chi connectivity index (χ0v) is 10.2. The SMILES string of the molecule is Nc1nnc(SCC(=O)O)n1-c1ccc(F)c(F)c1. The number of halogens is 2. The molecule has 9 heteroatoms. The van der Waals surface area contributed by atoms with E-state index in [0.717, 1.165) is 23.9 Å². The van der Waals surface area contributed by atoms with Gasteiger partial charge in [0.15, 0.2) is 16.8 Å². The number of carboxylic acid groups (broad SMARTS) is 1. The van der Waals surface area contributed by atoms with Crippen LogP contribution in [0.5, 0.6) is 0 Å². The van der Waals surface area contributed by atoms with Crippen LogP contribution in [0.3, 0.4) is 0 Å². The molecule has 0 unspecified atom stereocenters. The predicted molar refractivity (Wildman–Crippen MR) is 64.0 cm³/mol. The van der Waals surface area contributed by atoms with E-state index in [0.29, 0.717) is 0 Å². The van der Waals surface area contributed by atoms with Crippen molar-refractivity contribution < 1.29 is 18.7 Å². The van der Waals surface area contributed by atoms with Crippen molar-refractivity contribution >= 4 is 23.7 Å². The summed E-state index contributed by atoms with van der Waals surface area (Å²) in [5.41, 5.74) is 5.80. The maximum Gasteiger partial charge on any atom is 0.313 e. The second-order valence-corrected chi connectivity index (χ2v) is 4.40. The molecule has 0 aliphatic rings. The fourth-order valence-electron chi connectivity index (χ4n) is 1.37. The first-order valence-corrected chi connectivity index (χ1v) is 5.98. The minimum atomic E-state index is -1.04. The maximum absolute atomic E-state index is 13.2. The molecule has 3 N–H and O–H groups in total. The molecule has 1 aromatic carbocycles. The van der Waals surface area contributed by atoms with E-state index < -0.39 is 17.6 Å². The molecule has 0 bridgehead atoms. The number of nitrogens with zero attached hydrogens (tertiary/aromatic N) is 3. The van der Waals surface area contributed by atoms with Crippen LogP contribution in [-0.2, 0) is 4.79 Å². The van der Waals surface area contributed by atoms with E-state index in [2.05, 4.69) is 10.2 Å². The van der Waals surface area contributed by atoms with Gasteiger partial charge in [0.1, 0.15) is 0 Å². The Kier molecular flexibility index (Phi) is 3.65. The zero-order chi connectivity index (χ0) is 14.0. The summed E-state index contributed by atoms with van der Waals surface area (Å²) in [6.45, 7) is 0. The van der Waals surface area contributed by atoms with Gasteiger partial charge in [-0.2, -0.15) is 0 Å². The molecule has 19 heavy (non-hydrogen) atoms. The normalized spacial score (nSPS) is 10.6. The maximum atomic E-state index is 13.2. The number of nitrogen functional groups attached to an aromatic ring is 1. The van der Waals surface area contributed by atoms with Gasteiger partial charge in [-0.1, -0.05) is 11.8 Å². The minimum absolute atomic E-state index is 0.0427. The zero-order valence-electron chi connectivity index (χ0n) is 9.38. The first-order chi connectivity index (χ1) is 8.99. The first kappa shape index (κ1) is 13.3. The van der Waals surface area contributed by atoms with Gasteiger partial charge in [-0.25, -0.2) is 8.78 Å². The second-order valence-electron chi connectivity index (χ2n) is 3.46. The summed E-state index contributed by atoms with van der Waals surface area (Å²) >= 11 is 0.874. The average Bonchev–Trinajstić information content (AvgIpc) is 2.71. The molecule has 0 saturated heterocycles. The molecule has 0 aliphatic carbocycles. The Morgan fingerprint density at radius 3 is 2.74 bits per heavy atom. The van der Waals surface area contributed by atoms with Crippen molar-refractivity contribution in [2.45, 2.75) is 5.16 Å². The van der Waals surface area contributed by atoms with Gasteiger partial charge in [-0.05, 0) is 12.1 Å². The molecule has 2 rings (SSSR count). The Bertz CT molecular complexity index is 632. The number of carbonyl (C=O) groups is 1. The number of hydrogen-bond donors (Lipinski definition) is 2. The van der Waals surface area contributed by atoms with Crippen LogP contribution in [0.15, 0.2) is 23.4 Å². The van der Waals surface area contributed by atoms with Gasteiger partial charge in [0.2, 0.25) is 5.95 Å². The Labute approximate surface area is 110 Å².